The largest absolute Gasteiger partial charge is 0.465 e. The third-order valence-electron chi connectivity index (χ3n) is 5.94. The molecule has 1 rings (SSSR count). The molecule has 0 bridgehead atoms. The van der Waals surface area contributed by atoms with Crippen LogP contribution in [0.15, 0.2) is 18.2 Å². The number of carbonyl (C=O) groups excluding carboxylic acids is 2. The normalized spacial score (nSPS) is 12.0. The summed E-state index contributed by atoms with van der Waals surface area (Å²) in [7, 11) is 0. The highest BCUT2D eigenvalue weighted by Crippen LogP contribution is 2.36. The van der Waals surface area contributed by atoms with Crippen LogP contribution in [0.1, 0.15) is 97.0 Å². The average Bonchev–Trinajstić information content (AvgIpc) is 2.77. The first kappa shape index (κ1) is 28.9. The van der Waals surface area contributed by atoms with Gasteiger partial charge in [0.25, 0.3) is 0 Å². The van der Waals surface area contributed by atoms with Crippen molar-refractivity contribution in [3.05, 3.63) is 29.6 Å². The van der Waals surface area contributed by atoms with Gasteiger partial charge in [0.05, 0.1) is 12.2 Å². The molecule has 0 unspecified atom stereocenters. The van der Waals surface area contributed by atoms with Crippen molar-refractivity contribution in [2.45, 2.75) is 97.6 Å². The van der Waals surface area contributed by atoms with E-state index in [-0.39, 0.29) is 19.4 Å². The summed E-state index contributed by atoms with van der Waals surface area (Å²) in [6.45, 7) is 5.47. The molecule has 0 radical (unpaired) electrons. The van der Waals surface area contributed by atoms with Crippen molar-refractivity contribution in [2.75, 3.05) is 6.61 Å². The Kier molecular flexibility index (Phi) is 12.4. The van der Waals surface area contributed by atoms with E-state index in [4.69, 9.17) is 9.47 Å². The molecule has 0 fully saturated rings. The maximum absolute atomic E-state index is 14.2. The molecule has 188 valence electrons. The Labute approximate surface area is 194 Å². The quantitative estimate of drug-likeness (QED) is 0.0858. The molecule has 1 aromatic rings. The molecule has 0 aliphatic carbocycles. The zero-order valence-corrected chi connectivity index (χ0v) is 19.9. The first-order valence-corrected chi connectivity index (χ1v) is 11.9. The number of ether oxygens (including phenoxy) is 2. The molecule has 0 saturated carbocycles. The molecule has 1 aromatic carbocycles. The van der Waals surface area contributed by atoms with Gasteiger partial charge in [0.2, 0.25) is 0 Å². The number of hydrogen-bond acceptors (Lipinski definition) is 4. The summed E-state index contributed by atoms with van der Waals surface area (Å²) in [6.07, 6.45) is 4.94. The van der Waals surface area contributed by atoms with Crippen LogP contribution in [0.2, 0.25) is 0 Å². The lowest BCUT2D eigenvalue weighted by atomic mass is 9.82. The first-order chi connectivity index (χ1) is 15.6. The minimum atomic E-state index is -4.94. The van der Waals surface area contributed by atoms with Gasteiger partial charge in [-0.3, -0.25) is 9.59 Å². The SMILES string of the molecule is CCCCCCCCCCCOC(=O)C(CC)(CC)C(=O)Oc1cccc(C(F)(F)F)c1F. The molecule has 0 heterocycles. The van der Waals surface area contributed by atoms with Gasteiger partial charge in [-0.05, 0) is 31.4 Å². The van der Waals surface area contributed by atoms with Gasteiger partial charge in [-0.2, -0.15) is 13.2 Å². The third kappa shape index (κ3) is 8.63. The third-order valence-corrected chi connectivity index (χ3v) is 5.94. The van der Waals surface area contributed by atoms with Crippen LogP contribution in [0.4, 0.5) is 17.6 Å². The topological polar surface area (TPSA) is 52.6 Å². The van der Waals surface area contributed by atoms with Crippen LogP contribution in [-0.4, -0.2) is 18.5 Å². The Morgan fingerprint density at radius 1 is 0.818 bits per heavy atom. The molecule has 0 aliphatic rings. The second-order valence-corrected chi connectivity index (χ2v) is 8.26. The van der Waals surface area contributed by atoms with E-state index in [1.807, 2.05) is 0 Å². The minimum absolute atomic E-state index is 0.0134. The van der Waals surface area contributed by atoms with E-state index in [0.717, 1.165) is 31.4 Å². The molecule has 0 aromatic heterocycles. The highest BCUT2D eigenvalue weighted by Gasteiger charge is 2.47. The maximum Gasteiger partial charge on any atom is 0.419 e. The molecule has 0 saturated heterocycles. The van der Waals surface area contributed by atoms with Crippen molar-refractivity contribution in [1.82, 2.24) is 0 Å². The van der Waals surface area contributed by atoms with E-state index < -0.39 is 40.7 Å². The van der Waals surface area contributed by atoms with Crippen molar-refractivity contribution >= 4 is 11.9 Å². The number of unbranched alkanes of at least 4 members (excludes halogenated alkanes) is 8. The Hall–Kier alpha value is -2.12. The second kappa shape index (κ2) is 14.2. The molecule has 0 aliphatic heterocycles. The predicted molar refractivity (Wildman–Crippen MR) is 118 cm³/mol. The summed E-state index contributed by atoms with van der Waals surface area (Å²) < 4.78 is 63.3. The van der Waals surface area contributed by atoms with Crippen molar-refractivity contribution in [3.63, 3.8) is 0 Å². The molecule has 8 heteroatoms. The smallest absolute Gasteiger partial charge is 0.419 e. The number of alkyl halides is 3. The summed E-state index contributed by atoms with van der Waals surface area (Å²) in [5.74, 6) is -4.48. The predicted octanol–water partition coefficient (Wildman–Crippen LogP) is 7.63. The van der Waals surface area contributed by atoms with Crippen LogP contribution < -0.4 is 4.74 Å². The van der Waals surface area contributed by atoms with Gasteiger partial charge in [-0.25, -0.2) is 4.39 Å². The summed E-state index contributed by atoms with van der Waals surface area (Å²) in [4.78, 5) is 25.5. The molecular formula is C25H36F4O4. The van der Waals surface area contributed by atoms with Gasteiger partial charge in [0.1, 0.15) is 0 Å². The summed E-state index contributed by atoms with van der Waals surface area (Å²) in [6, 6.07) is 2.42. The fourth-order valence-electron chi connectivity index (χ4n) is 3.63. The van der Waals surface area contributed by atoms with E-state index in [2.05, 4.69) is 6.92 Å². The van der Waals surface area contributed by atoms with Gasteiger partial charge in [0.15, 0.2) is 17.0 Å². The van der Waals surface area contributed by atoms with Gasteiger partial charge in [-0.1, -0.05) is 78.2 Å². The average molecular weight is 477 g/mol. The number of carbonyl (C=O) groups is 2. The summed E-state index contributed by atoms with van der Waals surface area (Å²) in [5.41, 5.74) is -3.25. The van der Waals surface area contributed by atoms with Crippen LogP contribution >= 0.6 is 0 Å². The summed E-state index contributed by atoms with van der Waals surface area (Å²) >= 11 is 0. The fourth-order valence-corrected chi connectivity index (χ4v) is 3.63. The van der Waals surface area contributed by atoms with Crippen LogP contribution in [0, 0.1) is 11.2 Å². The highest BCUT2D eigenvalue weighted by molar-refractivity contribution is 6.00. The van der Waals surface area contributed by atoms with E-state index >= 15 is 0 Å². The molecule has 0 amide bonds. The molecule has 0 N–H and O–H groups in total. The van der Waals surface area contributed by atoms with Gasteiger partial charge >= 0.3 is 18.1 Å². The lowest BCUT2D eigenvalue weighted by Crippen LogP contribution is -2.42. The Morgan fingerprint density at radius 3 is 1.88 bits per heavy atom. The van der Waals surface area contributed by atoms with Crippen molar-refractivity contribution in [2.24, 2.45) is 5.41 Å². The van der Waals surface area contributed by atoms with Crippen molar-refractivity contribution in [3.8, 4) is 5.75 Å². The molecule has 33 heavy (non-hydrogen) atoms. The number of benzene rings is 1. The molecule has 4 nitrogen and oxygen atoms in total. The van der Waals surface area contributed by atoms with Crippen LogP contribution in [-0.2, 0) is 20.5 Å². The van der Waals surface area contributed by atoms with Crippen molar-refractivity contribution in [1.29, 1.82) is 0 Å². The zero-order chi connectivity index (χ0) is 24.9. The first-order valence-electron chi connectivity index (χ1n) is 11.9. The maximum atomic E-state index is 14.2. The molecule has 0 atom stereocenters. The van der Waals surface area contributed by atoms with Crippen LogP contribution in [0.3, 0.4) is 0 Å². The standard InChI is InChI=1S/C25H36F4O4/c1-4-7-8-9-10-11-12-13-14-18-32-22(30)24(5-2,6-3)23(31)33-20-17-15-16-19(21(20)26)25(27,28)29/h15-17H,4-14,18H2,1-3H3. The van der Waals surface area contributed by atoms with E-state index in [1.54, 1.807) is 13.8 Å². The lowest BCUT2D eigenvalue weighted by Gasteiger charge is -2.27. The molecular weight excluding hydrogens is 440 g/mol. The monoisotopic (exact) mass is 476 g/mol. The van der Waals surface area contributed by atoms with Crippen LogP contribution in [0.25, 0.3) is 0 Å². The Balaban J connectivity index is 2.64. The molecule has 0 spiro atoms. The van der Waals surface area contributed by atoms with Crippen molar-refractivity contribution < 1.29 is 36.6 Å². The van der Waals surface area contributed by atoms with E-state index in [9.17, 15) is 27.2 Å². The fraction of sp³-hybridized carbons (Fsp3) is 0.680. The zero-order valence-electron chi connectivity index (χ0n) is 19.9. The van der Waals surface area contributed by atoms with Gasteiger partial charge in [-0.15, -0.1) is 0 Å². The van der Waals surface area contributed by atoms with Gasteiger partial charge < -0.3 is 9.47 Å². The summed E-state index contributed by atoms with van der Waals surface area (Å²) in [5, 5.41) is 0. The Bertz CT molecular complexity index is 742. The lowest BCUT2D eigenvalue weighted by molar-refractivity contribution is -0.168. The Morgan fingerprint density at radius 2 is 1.36 bits per heavy atom. The number of rotatable bonds is 15. The van der Waals surface area contributed by atoms with E-state index in [0.29, 0.717) is 12.5 Å². The number of hydrogen-bond donors (Lipinski definition) is 0. The second-order valence-electron chi connectivity index (χ2n) is 8.26. The van der Waals surface area contributed by atoms with Crippen LogP contribution in [0.5, 0.6) is 5.75 Å². The van der Waals surface area contributed by atoms with Gasteiger partial charge in [0, 0.05) is 0 Å². The van der Waals surface area contributed by atoms with E-state index in [1.165, 1.54) is 32.1 Å². The minimum Gasteiger partial charge on any atom is -0.465 e. The highest BCUT2D eigenvalue weighted by atomic mass is 19.4. The number of halogens is 4. The number of esters is 2.